The lowest BCUT2D eigenvalue weighted by molar-refractivity contribution is 0.173. The number of halogens is 1. The van der Waals surface area contributed by atoms with E-state index in [0.29, 0.717) is 23.5 Å². The van der Waals surface area contributed by atoms with Crippen molar-refractivity contribution in [3.05, 3.63) is 59.4 Å². The van der Waals surface area contributed by atoms with Crippen molar-refractivity contribution in [2.75, 3.05) is 0 Å². The van der Waals surface area contributed by atoms with Gasteiger partial charge < -0.3 is 9.84 Å². The van der Waals surface area contributed by atoms with Gasteiger partial charge in [0.1, 0.15) is 17.3 Å². The van der Waals surface area contributed by atoms with Gasteiger partial charge in [-0.1, -0.05) is 19.1 Å². The van der Waals surface area contributed by atoms with Crippen LogP contribution in [0.3, 0.4) is 0 Å². The molecule has 2 aromatic carbocycles. The second kappa shape index (κ2) is 5.85. The van der Waals surface area contributed by atoms with Crippen LogP contribution in [0.1, 0.15) is 30.6 Å². The second-order valence-corrected chi connectivity index (χ2v) is 4.51. The fourth-order valence-electron chi connectivity index (χ4n) is 1.81. The van der Waals surface area contributed by atoms with Crippen LogP contribution in [-0.4, -0.2) is 5.11 Å². The van der Waals surface area contributed by atoms with Gasteiger partial charge in [0.05, 0.1) is 6.10 Å². The fraction of sp³-hybridized carbons (Fsp3) is 0.250. The number of hydrogen-bond acceptors (Lipinski definition) is 2. The molecule has 3 heteroatoms. The third-order valence-corrected chi connectivity index (χ3v) is 3.02. The van der Waals surface area contributed by atoms with E-state index in [2.05, 4.69) is 0 Å². The third kappa shape index (κ3) is 3.32. The Bertz CT molecular complexity index is 549. The summed E-state index contributed by atoms with van der Waals surface area (Å²) in [5.41, 5.74) is 1.42. The van der Waals surface area contributed by atoms with E-state index >= 15 is 0 Å². The Kier molecular flexibility index (Phi) is 4.17. The molecule has 100 valence electrons. The summed E-state index contributed by atoms with van der Waals surface area (Å²) in [6.07, 6.45) is 0.235. The lowest BCUT2D eigenvalue weighted by atomic mass is 10.1. The molecular formula is C16H17FO2. The summed E-state index contributed by atoms with van der Waals surface area (Å²) in [7, 11) is 0. The zero-order chi connectivity index (χ0) is 13.8. The third-order valence-electron chi connectivity index (χ3n) is 3.02. The predicted octanol–water partition coefficient (Wildman–Crippen LogP) is 4.37. The summed E-state index contributed by atoms with van der Waals surface area (Å²) < 4.78 is 18.8. The second-order valence-electron chi connectivity index (χ2n) is 4.51. The van der Waals surface area contributed by atoms with Crippen molar-refractivity contribution in [3.63, 3.8) is 0 Å². The van der Waals surface area contributed by atoms with E-state index in [1.807, 2.05) is 19.1 Å². The maximum atomic E-state index is 13.1. The van der Waals surface area contributed by atoms with Crippen LogP contribution in [0.2, 0.25) is 0 Å². The molecule has 0 unspecified atom stereocenters. The highest BCUT2D eigenvalue weighted by atomic mass is 19.1. The molecule has 0 saturated carbocycles. The van der Waals surface area contributed by atoms with E-state index < -0.39 is 6.10 Å². The van der Waals surface area contributed by atoms with E-state index in [1.165, 1.54) is 6.07 Å². The van der Waals surface area contributed by atoms with E-state index in [9.17, 15) is 9.50 Å². The first-order chi connectivity index (χ1) is 9.10. The van der Waals surface area contributed by atoms with Gasteiger partial charge in [0.2, 0.25) is 0 Å². The average molecular weight is 260 g/mol. The molecule has 2 nitrogen and oxygen atoms in total. The van der Waals surface area contributed by atoms with E-state index in [0.717, 1.165) is 5.56 Å². The summed E-state index contributed by atoms with van der Waals surface area (Å²) in [6, 6.07) is 11.9. The number of ether oxygens (including phenoxy) is 1. The van der Waals surface area contributed by atoms with Gasteiger partial charge in [-0.15, -0.1) is 0 Å². The quantitative estimate of drug-likeness (QED) is 0.884. The molecule has 2 rings (SSSR count). The molecule has 1 atom stereocenters. The van der Waals surface area contributed by atoms with Crippen LogP contribution >= 0.6 is 0 Å². The van der Waals surface area contributed by atoms with E-state index in [1.54, 1.807) is 31.2 Å². The van der Waals surface area contributed by atoms with Gasteiger partial charge in [-0.2, -0.15) is 0 Å². The molecule has 0 aliphatic carbocycles. The number of rotatable bonds is 4. The molecule has 0 bridgehead atoms. The highest BCUT2D eigenvalue weighted by molar-refractivity contribution is 5.35. The Morgan fingerprint density at radius 3 is 2.32 bits per heavy atom. The minimum atomic E-state index is -0.442. The maximum absolute atomic E-state index is 13.1. The zero-order valence-corrected chi connectivity index (χ0v) is 11.1. The molecule has 0 aliphatic heterocycles. The molecule has 2 aromatic rings. The van der Waals surface area contributed by atoms with Crippen molar-refractivity contribution in [3.8, 4) is 11.5 Å². The molecule has 0 fully saturated rings. The Hall–Kier alpha value is -1.87. The maximum Gasteiger partial charge on any atom is 0.127 e. The Morgan fingerprint density at radius 1 is 1.11 bits per heavy atom. The number of aliphatic hydroxyl groups excluding tert-OH is 1. The first-order valence-electron chi connectivity index (χ1n) is 6.32. The summed E-state index contributed by atoms with van der Waals surface area (Å²) in [6.45, 7) is 3.62. The van der Waals surface area contributed by atoms with Crippen molar-refractivity contribution in [2.45, 2.75) is 26.4 Å². The van der Waals surface area contributed by atoms with Gasteiger partial charge in [-0.05, 0) is 54.8 Å². The minimum absolute atomic E-state index is 0.242. The van der Waals surface area contributed by atoms with Crippen LogP contribution in [0.15, 0.2) is 42.5 Å². The summed E-state index contributed by atoms with van der Waals surface area (Å²) >= 11 is 0. The van der Waals surface area contributed by atoms with Gasteiger partial charge in [0.25, 0.3) is 0 Å². The molecule has 0 heterocycles. The van der Waals surface area contributed by atoms with Gasteiger partial charge in [0.15, 0.2) is 0 Å². The number of benzene rings is 2. The van der Waals surface area contributed by atoms with Gasteiger partial charge in [-0.25, -0.2) is 4.39 Å². The lowest BCUT2D eigenvalue weighted by Gasteiger charge is -2.10. The van der Waals surface area contributed by atoms with Crippen molar-refractivity contribution in [1.29, 1.82) is 0 Å². The molecule has 1 N–H and O–H groups in total. The predicted molar refractivity (Wildman–Crippen MR) is 72.9 cm³/mol. The molecule has 0 aromatic heterocycles. The van der Waals surface area contributed by atoms with Crippen LogP contribution in [-0.2, 0) is 0 Å². The van der Waals surface area contributed by atoms with Crippen molar-refractivity contribution in [2.24, 2.45) is 0 Å². The minimum Gasteiger partial charge on any atom is -0.457 e. The summed E-state index contributed by atoms with van der Waals surface area (Å²) in [4.78, 5) is 0. The van der Waals surface area contributed by atoms with Crippen molar-refractivity contribution < 1.29 is 14.2 Å². The molecule has 0 aliphatic rings. The van der Waals surface area contributed by atoms with Gasteiger partial charge >= 0.3 is 0 Å². The molecule has 0 saturated heterocycles. The standard InChI is InChI=1S/C16H17FO2/c1-3-16(18)12-4-6-13(7-5-12)19-14-8-9-15(17)11(2)10-14/h4-10,16,18H,3H2,1-2H3/t16-/m1/s1. The molecule has 0 amide bonds. The Balaban J connectivity index is 2.12. The molecule has 19 heavy (non-hydrogen) atoms. The lowest BCUT2D eigenvalue weighted by Crippen LogP contribution is -1.94. The molecule has 0 spiro atoms. The average Bonchev–Trinajstić information content (AvgIpc) is 2.43. The van der Waals surface area contributed by atoms with E-state index in [4.69, 9.17) is 4.74 Å². The molecule has 0 radical (unpaired) electrons. The Labute approximate surface area is 112 Å². The van der Waals surface area contributed by atoms with Crippen molar-refractivity contribution in [1.82, 2.24) is 0 Å². The highest BCUT2D eigenvalue weighted by Gasteiger charge is 2.05. The Morgan fingerprint density at radius 2 is 1.74 bits per heavy atom. The SMILES string of the molecule is CC[C@@H](O)c1ccc(Oc2ccc(F)c(C)c2)cc1. The summed E-state index contributed by atoms with van der Waals surface area (Å²) in [5, 5.41) is 9.69. The smallest absolute Gasteiger partial charge is 0.127 e. The normalized spacial score (nSPS) is 12.2. The summed E-state index contributed by atoms with van der Waals surface area (Å²) in [5.74, 6) is 1.02. The first-order valence-corrected chi connectivity index (χ1v) is 6.32. The zero-order valence-electron chi connectivity index (χ0n) is 11.1. The van der Waals surface area contributed by atoms with Gasteiger partial charge in [0, 0.05) is 0 Å². The topological polar surface area (TPSA) is 29.5 Å². The number of aryl methyl sites for hydroxylation is 1. The monoisotopic (exact) mass is 260 g/mol. The van der Waals surface area contributed by atoms with Crippen LogP contribution in [0.4, 0.5) is 4.39 Å². The number of aliphatic hydroxyl groups is 1. The van der Waals surface area contributed by atoms with Crippen LogP contribution in [0.5, 0.6) is 11.5 Å². The highest BCUT2D eigenvalue weighted by Crippen LogP contribution is 2.25. The fourth-order valence-corrected chi connectivity index (χ4v) is 1.81. The van der Waals surface area contributed by atoms with Crippen LogP contribution in [0.25, 0.3) is 0 Å². The first kappa shape index (κ1) is 13.6. The number of hydrogen-bond donors (Lipinski definition) is 1. The van der Waals surface area contributed by atoms with E-state index in [-0.39, 0.29) is 5.82 Å². The van der Waals surface area contributed by atoms with Gasteiger partial charge in [-0.3, -0.25) is 0 Å². The largest absolute Gasteiger partial charge is 0.457 e. The van der Waals surface area contributed by atoms with Crippen LogP contribution < -0.4 is 4.74 Å². The molecular weight excluding hydrogens is 243 g/mol. The van der Waals surface area contributed by atoms with Crippen molar-refractivity contribution >= 4 is 0 Å². The van der Waals surface area contributed by atoms with Crippen LogP contribution in [0, 0.1) is 12.7 Å².